The van der Waals surface area contributed by atoms with Crippen LogP contribution in [0.1, 0.15) is 20.8 Å². The summed E-state index contributed by atoms with van der Waals surface area (Å²) in [6.45, 7) is 8.49. The molecule has 0 aliphatic rings. The van der Waals surface area contributed by atoms with Gasteiger partial charge in [-0.25, -0.2) is 0 Å². The summed E-state index contributed by atoms with van der Waals surface area (Å²) < 4.78 is 10.7. The lowest BCUT2D eigenvalue weighted by atomic mass is 10.1. The maximum atomic E-state index is 5.43. The number of nitrogens with two attached hydrogens (primary N) is 1. The van der Waals surface area contributed by atoms with Gasteiger partial charge in [-0.15, -0.1) is 0 Å². The molecule has 68 valence electrons. The first-order chi connectivity index (χ1) is 5.12. The molecule has 0 saturated heterocycles. The molecule has 0 atom stereocenters. The normalized spacial score (nSPS) is 12.0. The van der Waals surface area contributed by atoms with Gasteiger partial charge in [-0.05, 0) is 20.8 Å². The predicted molar refractivity (Wildman–Crippen MR) is 45.6 cm³/mol. The zero-order valence-corrected chi connectivity index (χ0v) is 7.72. The van der Waals surface area contributed by atoms with Crippen LogP contribution in [0, 0.1) is 0 Å². The fourth-order valence-electron chi connectivity index (χ4n) is 0.725. The highest BCUT2D eigenvalue weighted by Gasteiger charge is 2.17. The van der Waals surface area contributed by atoms with Crippen molar-refractivity contribution in [1.82, 2.24) is 0 Å². The first kappa shape index (κ1) is 10.9. The molecule has 0 aromatic heterocycles. The maximum absolute atomic E-state index is 5.43. The van der Waals surface area contributed by atoms with E-state index in [0.717, 1.165) is 6.61 Å². The molecule has 0 aliphatic carbocycles. The number of hydrogen-bond acceptors (Lipinski definition) is 3. The van der Waals surface area contributed by atoms with E-state index in [9.17, 15) is 0 Å². The molecular formula is C8H19NO2. The Morgan fingerprint density at radius 2 is 2.00 bits per heavy atom. The molecule has 0 spiro atoms. The Labute approximate surface area is 68.9 Å². The first-order valence-electron chi connectivity index (χ1n) is 4.04. The van der Waals surface area contributed by atoms with E-state index in [1.54, 1.807) is 0 Å². The van der Waals surface area contributed by atoms with E-state index >= 15 is 0 Å². The van der Waals surface area contributed by atoms with Gasteiger partial charge in [0.2, 0.25) is 0 Å². The van der Waals surface area contributed by atoms with Crippen LogP contribution in [-0.4, -0.2) is 32.0 Å². The molecule has 0 heterocycles. The summed E-state index contributed by atoms with van der Waals surface area (Å²) >= 11 is 0. The molecule has 0 unspecified atom stereocenters. The summed E-state index contributed by atoms with van der Waals surface area (Å²) in [6.07, 6.45) is 0. The quantitative estimate of drug-likeness (QED) is 0.626. The molecule has 0 bridgehead atoms. The highest BCUT2D eigenvalue weighted by molar-refractivity contribution is 4.66. The summed E-state index contributed by atoms with van der Waals surface area (Å²) in [5.74, 6) is 0. The highest BCUT2D eigenvalue weighted by atomic mass is 16.5. The summed E-state index contributed by atoms with van der Waals surface area (Å²) in [4.78, 5) is 0. The maximum Gasteiger partial charge on any atom is 0.0859 e. The summed E-state index contributed by atoms with van der Waals surface area (Å²) in [6, 6.07) is 0. The van der Waals surface area contributed by atoms with Crippen LogP contribution in [0.25, 0.3) is 0 Å². The molecule has 0 radical (unpaired) electrons. The van der Waals surface area contributed by atoms with Crippen molar-refractivity contribution < 1.29 is 9.47 Å². The molecule has 0 aliphatic heterocycles. The Morgan fingerprint density at radius 3 is 2.45 bits per heavy atom. The molecule has 3 nitrogen and oxygen atoms in total. The molecule has 0 rings (SSSR count). The molecule has 2 N–H and O–H groups in total. The van der Waals surface area contributed by atoms with Gasteiger partial charge in [0.1, 0.15) is 0 Å². The van der Waals surface area contributed by atoms with Gasteiger partial charge in [-0.3, -0.25) is 0 Å². The first-order valence-corrected chi connectivity index (χ1v) is 4.04. The molecule has 0 aromatic carbocycles. The summed E-state index contributed by atoms with van der Waals surface area (Å²) in [5.41, 5.74) is 5.10. The van der Waals surface area contributed by atoms with Crippen molar-refractivity contribution in [1.29, 1.82) is 0 Å². The van der Waals surface area contributed by atoms with Gasteiger partial charge in [0.15, 0.2) is 0 Å². The third-order valence-corrected chi connectivity index (χ3v) is 1.26. The third-order valence-electron chi connectivity index (χ3n) is 1.26. The Bertz CT molecular complexity index is 84.1. The fourth-order valence-corrected chi connectivity index (χ4v) is 0.725. The van der Waals surface area contributed by atoms with E-state index in [0.29, 0.717) is 19.8 Å². The van der Waals surface area contributed by atoms with Crippen LogP contribution >= 0.6 is 0 Å². The van der Waals surface area contributed by atoms with Crippen molar-refractivity contribution in [2.75, 3.05) is 26.4 Å². The minimum Gasteiger partial charge on any atom is -0.379 e. The van der Waals surface area contributed by atoms with Gasteiger partial charge >= 0.3 is 0 Å². The number of hydrogen-bond donors (Lipinski definition) is 1. The summed E-state index contributed by atoms with van der Waals surface area (Å²) in [5, 5.41) is 0. The number of rotatable bonds is 6. The SMILES string of the molecule is CCOCC(C)(C)OCCN. The van der Waals surface area contributed by atoms with E-state index in [1.807, 2.05) is 20.8 Å². The van der Waals surface area contributed by atoms with Gasteiger partial charge in [-0.1, -0.05) is 0 Å². The third kappa shape index (κ3) is 6.28. The van der Waals surface area contributed by atoms with Crippen LogP contribution in [-0.2, 0) is 9.47 Å². The van der Waals surface area contributed by atoms with Crippen LogP contribution < -0.4 is 5.73 Å². The van der Waals surface area contributed by atoms with Gasteiger partial charge in [0.05, 0.1) is 18.8 Å². The van der Waals surface area contributed by atoms with Gasteiger partial charge in [0.25, 0.3) is 0 Å². The Kier molecular flexibility index (Phi) is 5.46. The lowest BCUT2D eigenvalue weighted by Crippen LogP contribution is -2.32. The smallest absolute Gasteiger partial charge is 0.0859 e. The molecule has 11 heavy (non-hydrogen) atoms. The van der Waals surface area contributed by atoms with Gasteiger partial charge in [-0.2, -0.15) is 0 Å². The molecule has 3 heteroatoms. The monoisotopic (exact) mass is 161 g/mol. The zero-order valence-electron chi connectivity index (χ0n) is 7.72. The van der Waals surface area contributed by atoms with Crippen LogP contribution in [0.15, 0.2) is 0 Å². The van der Waals surface area contributed by atoms with Crippen LogP contribution in [0.4, 0.5) is 0 Å². The second kappa shape index (κ2) is 5.52. The molecule has 0 saturated carbocycles. The Balaban J connectivity index is 3.43. The minimum absolute atomic E-state index is 0.199. The molecule has 0 fully saturated rings. The van der Waals surface area contributed by atoms with Crippen molar-refractivity contribution in [3.8, 4) is 0 Å². The van der Waals surface area contributed by atoms with Gasteiger partial charge in [0, 0.05) is 13.2 Å². The van der Waals surface area contributed by atoms with Crippen molar-refractivity contribution in [2.45, 2.75) is 26.4 Å². The van der Waals surface area contributed by atoms with E-state index in [4.69, 9.17) is 15.2 Å². The lowest BCUT2D eigenvalue weighted by molar-refractivity contribution is -0.0700. The molecular weight excluding hydrogens is 142 g/mol. The van der Waals surface area contributed by atoms with Crippen molar-refractivity contribution in [2.24, 2.45) is 5.73 Å². The predicted octanol–water partition coefficient (Wildman–Crippen LogP) is 0.777. The second-order valence-corrected chi connectivity index (χ2v) is 3.03. The minimum atomic E-state index is -0.199. The van der Waals surface area contributed by atoms with Crippen molar-refractivity contribution in [3.63, 3.8) is 0 Å². The zero-order chi connectivity index (χ0) is 8.74. The highest BCUT2D eigenvalue weighted by Crippen LogP contribution is 2.08. The van der Waals surface area contributed by atoms with Crippen LogP contribution in [0.2, 0.25) is 0 Å². The van der Waals surface area contributed by atoms with Crippen molar-refractivity contribution in [3.05, 3.63) is 0 Å². The van der Waals surface area contributed by atoms with E-state index in [2.05, 4.69) is 0 Å². The fraction of sp³-hybridized carbons (Fsp3) is 1.00. The molecule has 0 aromatic rings. The van der Waals surface area contributed by atoms with Crippen molar-refractivity contribution >= 4 is 0 Å². The second-order valence-electron chi connectivity index (χ2n) is 3.03. The largest absolute Gasteiger partial charge is 0.379 e. The Morgan fingerprint density at radius 1 is 1.36 bits per heavy atom. The van der Waals surface area contributed by atoms with Gasteiger partial charge < -0.3 is 15.2 Å². The summed E-state index contributed by atoms with van der Waals surface area (Å²) in [7, 11) is 0. The van der Waals surface area contributed by atoms with E-state index < -0.39 is 0 Å². The van der Waals surface area contributed by atoms with Crippen LogP contribution in [0.3, 0.4) is 0 Å². The number of ether oxygens (including phenoxy) is 2. The van der Waals surface area contributed by atoms with Crippen LogP contribution in [0.5, 0.6) is 0 Å². The Hall–Kier alpha value is -0.120. The lowest BCUT2D eigenvalue weighted by Gasteiger charge is -2.24. The average Bonchev–Trinajstić information content (AvgIpc) is 1.97. The van der Waals surface area contributed by atoms with E-state index in [1.165, 1.54) is 0 Å². The topological polar surface area (TPSA) is 44.5 Å². The van der Waals surface area contributed by atoms with E-state index in [-0.39, 0.29) is 5.60 Å². The molecule has 0 amide bonds. The average molecular weight is 161 g/mol. The standard InChI is InChI=1S/C8H19NO2/c1-4-10-7-8(2,3)11-6-5-9/h4-7,9H2,1-3H3.